The lowest BCUT2D eigenvalue weighted by atomic mass is 10.1. The Kier molecular flexibility index (Phi) is 5.24. The van der Waals surface area contributed by atoms with Crippen molar-refractivity contribution in [2.24, 2.45) is 11.8 Å². The first-order valence-corrected chi connectivity index (χ1v) is 10.6. The van der Waals surface area contributed by atoms with Crippen molar-refractivity contribution in [1.82, 2.24) is 24.6 Å². The number of nitrogens with two attached hydrogens (primary N) is 1. The summed E-state index contributed by atoms with van der Waals surface area (Å²) in [6.45, 7) is 7.14. The van der Waals surface area contributed by atoms with Crippen LogP contribution in [0.2, 0.25) is 0 Å². The van der Waals surface area contributed by atoms with Crippen LogP contribution < -0.4 is 10.8 Å². The van der Waals surface area contributed by atoms with Crippen molar-refractivity contribution in [3.05, 3.63) is 12.7 Å². The topological polar surface area (TPSA) is 143 Å². The van der Waals surface area contributed by atoms with Gasteiger partial charge in [-0.3, -0.25) is 9.36 Å². The molecule has 11 nitrogen and oxygen atoms in total. The first kappa shape index (κ1) is 20.1. The van der Waals surface area contributed by atoms with Crippen molar-refractivity contribution < 1.29 is 23.4 Å². The highest BCUT2D eigenvalue weighted by Crippen LogP contribution is 2.57. The van der Waals surface area contributed by atoms with Crippen LogP contribution in [-0.2, 0) is 23.4 Å². The molecule has 0 spiro atoms. The number of carbonyl (C=O) groups excluding carboxylic acids is 1. The van der Waals surface area contributed by atoms with Crippen molar-refractivity contribution in [2.75, 3.05) is 5.73 Å². The smallest absolute Gasteiger partial charge is 0.462 e. The number of hydrogen-bond acceptors (Lipinski definition) is 9. The van der Waals surface area contributed by atoms with E-state index >= 15 is 0 Å². The minimum absolute atomic E-state index is 0.0883. The zero-order chi connectivity index (χ0) is 20.9. The van der Waals surface area contributed by atoms with Crippen LogP contribution in [0.25, 0.3) is 11.2 Å². The van der Waals surface area contributed by atoms with Crippen LogP contribution in [0.5, 0.6) is 0 Å². The molecule has 2 fully saturated rings. The minimum Gasteiger partial charge on any atom is -0.462 e. The number of imidazole rings is 1. The van der Waals surface area contributed by atoms with Gasteiger partial charge in [-0.1, -0.05) is 12.0 Å². The Morgan fingerprint density at radius 2 is 2.10 bits per heavy atom. The van der Waals surface area contributed by atoms with Gasteiger partial charge >= 0.3 is 14.1 Å². The molecule has 4 rings (SSSR count). The molecule has 0 radical (unpaired) electrons. The number of aromatic nitrogens is 4. The third-order valence-corrected chi connectivity index (χ3v) is 6.21. The SMILES string of the molecule is CC(C)OC(=O)[C@@H](C)N[P+](=O)OC1C2[C@@H]1O[C@@H](n1cnc3c(N)ncnc31)[C@H]2C. The maximum absolute atomic E-state index is 12.3. The number of hydrogen-bond donors (Lipinski definition) is 2. The van der Waals surface area contributed by atoms with Gasteiger partial charge in [0.25, 0.3) is 0 Å². The first-order valence-electron chi connectivity index (χ1n) is 9.47. The summed E-state index contributed by atoms with van der Waals surface area (Å²) in [6.07, 6.45) is 2.06. The van der Waals surface area contributed by atoms with E-state index in [0.717, 1.165) is 0 Å². The Balaban J connectivity index is 1.35. The summed E-state index contributed by atoms with van der Waals surface area (Å²) in [5.74, 6) is 0.0282. The molecule has 1 saturated carbocycles. The van der Waals surface area contributed by atoms with Crippen LogP contribution in [0, 0.1) is 11.8 Å². The summed E-state index contributed by atoms with van der Waals surface area (Å²) in [6, 6.07) is -0.729. The van der Waals surface area contributed by atoms with E-state index in [9.17, 15) is 9.36 Å². The molecule has 1 saturated heterocycles. The van der Waals surface area contributed by atoms with Gasteiger partial charge in [0.1, 0.15) is 30.2 Å². The molecule has 3 unspecified atom stereocenters. The second-order valence-electron chi connectivity index (χ2n) is 7.67. The number of anilines is 1. The average molecular weight is 423 g/mol. The van der Waals surface area contributed by atoms with Gasteiger partial charge in [-0.15, -0.1) is 4.52 Å². The summed E-state index contributed by atoms with van der Waals surface area (Å²) in [7, 11) is -2.23. The fourth-order valence-electron chi connectivity index (χ4n) is 3.71. The molecule has 3 N–H and O–H groups in total. The molecule has 29 heavy (non-hydrogen) atoms. The molecule has 2 aromatic heterocycles. The van der Waals surface area contributed by atoms with Crippen LogP contribution in [0.15, 0.2) is 12.7 Å². The van der Waals surface area contributed by atoms with E-state index in [1.165, 1.54) is 6.33 Å². The molecule has 0 aromatic carbocycles. The monoisotopic (exact) mass is 423 g/mol. The second-order valence-corrected chi connectivity index (χ2v) is 8.66. The normalized spacial score (nSPS) is 29.7. The van der Waals surface area contributed by atoms with Crippen LogP contribution in [0.4, 0.5) is 5.82 Å². The van der Waals surface area contributed by atoms with Gasteiger partial charge in [-0.2, -0.15) is 0 Å². The van der Waals surface area contributed by atoms with Gasteiger partial charge < -0.3 is 15.2 Å². The number of nitrogens with one attached hydrogen (secondary N) is 1. The van der Waals surface area contributed by atoms with Crippen molar-refractivity contribution in [1.29, 1.82) is 0 Å². The summed E-state index contributed by atoms with van der Waals surface area (Å²) in [5.41, 5.74) is 6.99. The van der Waals surface area contributed by atoms with Crippen LogP contribution in [-0.4, -0.2) is 49.8 Å². The maximum atomic E-state index is 12.3. The second kappa shape index (κ2) is 7.56. The number of nitrogens with zero attached hydrogens (tertiary/aromatic N) is 4. The summed E-state index contributed by atoms with van der Waals surface area (Å²) in [5, 5.41) is 2.64. The molecule has 2 aliphatic rings. The Bertz CT molecular complexity index is 952. The van der Waals surface area contributed by atoms with E-state index in [-0.39, 0.29) is 36.4 Å². The molecule has 1 aliphatic carbocycles. The minimum atomic E-state index is -2.23. The molecule has 0 amide bonds. The van der Waals surface area contributed by atoms with E-state index in [2.05, 4.69) is 20.0 Å². The van der Waals surface area contributed by atoms with Gasteiger partial charge in [0.2, 0.25) is 0 Å². The molecule has 1 aliphatic heterocycles. The van der Waals surface area contributed by atoms with Crippen LogP contribution in [0.3, 0.4) is 0 Å². The number of esters is 1. The van der Waals surface area contributed by atoms with Gasteiger partial charge in [0.05, 0.1) is 18.5 Å². The van der Waals surface area contributed by atoms with Crippen molar-refractivity contribution >= 4 is 31.1 Å². The highest BCUT2D eigenvalue weighted by molar-refractivity contribution is 7.36. The van der Waals surface area contributed by atoms with Gasteiger partial charge in [-0.25, -0.2) is 15.0 Å². The lowest BCUT2D eigenvalue weighted by Crippen LogP contribution is -2.33. The van der Waals surface area contributed by atoms with E-state index in [0.29, 0.717) is 17.0 Å². The van der Waals surface area contributed by atoms with Crippen LogP contribution in [0.1, 0.15) is 33.9 Å². The molecule has 2 aromatic rings. The Labute approximate surface area is 168 Å². The average Bonchev–Trinajstić information content (AvgIpc) is 2.98. The van der Waals surface area contributed by atoms with E-state index in [1.807, 2.05) is 11.5 Å². The Morgan fingerprint density at radius 1 is 1.34 bits per heavy atom. The fourth-order valence-corrected chi connectivity index (χ4v) is 4.67. The zero-order valence-corrected chi connectivity index (χ0v) is 17.4. The third kappa shape index (κ3) is 3.71. The predicted octanol–water partition coefficient (Wildman–Crippen LogP) is 1.54. The highest BCUT2D eigenvalue weighted by atomic mass is 31.1. The number of nitrogen functional groups attached to an aromatic ring is 1. The van der Waals surface area contributed by atoms with Crippen molar-refractivity contribution in [3.63, 3.8) is 0 Å². The zero-order valence-electron chi connectivity index (χ0n) is 16.6. The molecular formula is C17H24N6O5P+. The number of ether oxygens (including phenoxy) is 2. The number of carbonyl (C=O) groups is 1. The van der Waals surface area contributed by atoms with Crippen molar-refractivity contribution in [2.45, 2.75) is 58.3 Å². The highest BCUT2D eigenvalue weighted by Gasteiger charge is 2.67. The van der Waals surface area contributed by atoms with E-state index in [1.54, 1.807) is 27.1 Å². The molecule has 7 atom stereocenters. The molecule has 156 valence electrons. The molecular weight excluding hydrogens is 399 g/mol. The standard InChI is InChI=1S/C17H24N6O5P/c1-7(2)26-17(24)9(4)22-29(25)28-13-10-8(3)16(27-12(10)13)23-6-21-11-14(18)19-5-20-15(11)23/h5-10,12-13,16H,1-4H3,(H,22,25)(H2,18,19,20)/q+1/t8-,9+,10?,12-,13?,16+/m0/s1. The Hall–Kier alpha value is -2.20. The lowest BCUT2D eigenvalue weighted by molar-refractivity contribution is -0.149. The largest absolute Gasteiger partial charge is 0.614 e. The lowest BCUT2D eigenvalue weighted by Gasteiger charge is -2.21. The van der Waals surface area contributed by atoms with Gasteiger partial charge in [0, 0.05) is 11.8 Å². The third-order valence-electron chi connectivity index (χ3n) is 5.18. The fraction of sp³-hybridized carbons (Fsp3) is 0.647. The van der Waals surface area contributed by atoms with Gasteiger partial charge in [-0.05, 0) is 25.3 Å². The predicted molar refractivity (Wildman–Crippen MR) is 103 cm³/mol. The maximum Gasteiger partial charge on any atom is 0.614 e. The Morgan fingerprint density at radius 3 is 2.76 bits per heavy atom. The molecule has 12 heteroatoms. The summed E-state index contributed by atoms with van der Waals surface area (Å²) in [4.78, 5) is 24.3. The van der Waals surface area contributed by atoms with Gasteiger partial charge in [0.15, 0.2) is 11.5 Å². The van der Waals surface area contributed by atoms with E-state index < -0.39 is 20.2 Å². The first-order chi connectivity index (χ1) is 13.8. The van der Waals surface area contributed by atoms with Crippen LogP contribution >= 0.6 is 8.18 Å². The number of fused-ring (bicyclic) bond motifs is 2. The quantitative estimate of drug-likeness (QED) is 0.497. The summed E-state index contributed by atoms with van der Waals surface area (Å²) < 4.78 is 30.9. The molecule has 0 bridgehead atoms. The number of rotatable bonds is 7. The van der Waals surface area contributed by atoms with Crippen molar-refractivity contribution in [3.8, 4) is 0 Å². The van der Waals surface area contributed by atoms with E-state index in [4.69, 9.17) is 19.7 Å². The summed E-state index contributed by atoms with van der Waals surface area (Å²) >= 11 is 0. The molecule has 3 heterocycles.